The maximum Gasteiger partial charge on any atom is 0.258 e. The molecule has 0 aliphatic carbocycles. The summed E-state index contributed by atoms with van der Waals surface area (Å²) in [6.45, 7) is 1.75. The van der Waals surface area contributed by atoms with Gasteiger partial charge in [-0.1, -0.05) is 6.07 Å². The number of rotatable bonds is 5. The zero-order valence-corrected chi connectivity index (χ0v) is 13.4. The van der Waals surface area contributed by atoms with Crippen molar-refractivity contribution in [3.63, 3.8) is 0 Å². The molecular formula is C17H18FNO4. The second kappa shape index (κ2) is 7.00. The van der Waals surface area contributed by atoms with Crippen molar-refractivity contribution in [2.75, 3.05) is 26.6 Å². The molecule has 0 aromatic heterocycles. The Morgan fingerprint density at radius 1 is 0.957 bits per heavy atom. The van der Waals surface area contributed by atoms with E-state index in [1.165, 1.54) is 33.5 Å². The highest BCUT2D eigenvalue weighted by Gasteiger charge is 2.17. The number of nitrogens with one attached hydrogen (secondary N) is 1. The minimum absolute atomic E-state index is 0.0487. The number of carbonyl (C=O) groups is 1. The van der Waals surface area contributed by atoms with Crippen LogP contribution < -0.4 is 19.5 Å². The molecule has 0 radical (unpaired) electrons. The van der Waals surface area contributed by atoms with Gasteiger partial charge in [0.2, 0.25) is 0 Å². The summed E-state index contributed by atoms with van der Waals surface area (Å²) in [6, 6.07) is 7.55. The van der Waals surface area contributed by atoms with Gasteiger partial charge >= 0.3 is 0 Å². The number of methoxy groups -OCH3 is 3. The molecule has 5 nitrogen and oxygen atoms in total. The van der Waals surface area contributed by atoms with Gasteiger partial charge in [-0.25, -0.2) is 4.39 Å². The van der Waals surface area contributed by atoms with Gasteiger partial charge in [-0.05, 0) is 24.6 Å². The third-order valence-electron chi connectivity index (χ3n) is 3.32. The minimum atomic E-state index is -0.582. The molecule has 122 valence electrons. The molecule has 23 heavy (non-hydrogen) atoms. The average Bonchev–Trinajstić information content (AvgIpc) is 2.54. The fraction of sp³-hybridized carbons (Fsp3) is 0.235. The fourth-order valence-corrected chi connectivity index (χ4v) is 2.12. The molecule has 1 amide bonds. The van der Waals surface area contributed by atoms with Crippen LogP contribution in [-0.4, -0.2) is 27.2 Å². The first-order chi connectivity index (χ1) is 11.0. The quantitative estimate of drug-likeness (QED) is 0.917. The van der Waals surface area contributed by atoms with E-state index < -0.39 is 11.7 Å². The number of carbonyl (C=O) groups excluding carboxylic acids is 1. The van der Waals surface area contributed by atoms with E-state index in [1.807, 2.05) is 0 Å². The van der Waals surface area contributed by atoms with Gasteiger partial charge in [0.15, 0.2) is 11.5 Å². The van der Waals surface area contributed by atoms with Crippen LogP contribution in [0.5, 0.6) is 17.2 Å². The summed E-state index contributed by atoms with van der Waals surface area (Å²) in [5.41, 5.74) is 1.05. The minimum Gasteiger partial charge on any atom is -0.494 e. The Morgan fingerprint density at radius 3 is 2.13 bits per heavy atom. The second-order valence-corrected chi connectivity index (χ2v) is 4.84. The number of aryl methyl sites for hydroxylation is 1. The zero-order chi connectivity index (χ0) is 17.0. The van der Waals surface area contributed by atoms with Crippen LogP contribution in [0.3, 0.4) is 0 Å². The Morgan fingerprint density at radius 2 is 1.57 bits per heavy atom. The Bertz CT molecular complexity index is 731. The van der Waals surface area contributed by atoms with Crippen LogP contribution in [0, 0.1) is 12.7 Å². The lowest BCUT2D eigenvalue weighted by atomic mass is 10.1. The van der Waals surface area contributed by atoms with E-state index >= 15 is 0 Å². The normalized spacial score (nSPS) is 10.1. The summed E-state index contributed by atoms with van der Waals surface area (Å²) in [5.74, 6) is 0.107. The van der Waals surface area contributed by atoms with E-state index in [2.05, 4.69) is 5.32 Å². The van der Waals surface area contributed by atoms with Gasteiger partial charge in [-0.3, -0.25) is 4.79 Å². The molecule has 0 fully saturated rings. The lowest BCUT2D eigenvalue weighted by Gasteiger charge is -2.15. The Hall–Kier alpha value is -2.76. The number of hydrogen-bond donors (Lipinski definition) is 1. The summed E-state index contributed by atoms with van der Waals surface area (Å²) in [6.07, 6.45) is 0. The summed E-state index contributed by atoms with van der Waals surface area (Å²) in [5, 5.41) is 2.62. The molecule has 0 bridgehead atoms. The molecule has 0 saturated carbocycles. The van der Waals surface area contributed by atoms with Gasteiger partial charge in [0.1, 0.15) is 11.6 Å². The molecule has 0 spiro atoms. The maximum atomic E-state index is 13.9. The van der Waals surface area contributed by atoms with Crippen molar-refractivity contribution < 1.29 is 23.4 Å². The Labute approximate surface area is 134 Å². The predicted octanol–water partition coefficient (Wildman–Crippen LogP) is 3.41. The molecule has 1 N–H and O–H groups in total. The summed E-state index contributed by atoms with van der Waals surface area (Å²) >= 11 is 0. The van der Waals surface area contributed by atoms with Crippen LogP contribution in [0.1, 0.15) is 15.9 Å². The van der Waals surface area contributed by atoms with Crippen molar-refractivity contribution in [3.8, 4) is 17.2 Å². The standard InChI is InChI=1S/C17H18FNO4/c1-10-5-6-11(12(18)7-10)17(20)19-13-8-15(22-3)16(23-4)9-14(13)21-2/h5-9H,1-4H3,(H,19,20). The van der Waals surface area contributed by atoms with E-state index in [4.69, 9.17) is 14.2 Å². The highest BCUT2D eigenvalue weighted by Crippen LogP contribution is 2.38. The lowest BCUT2D eigenvalue weighted by molar-refractivity contribution is 0.102. The van der Waals surface area contributed by atoms with Crippen molar-refractivity contribution in [2.24, 2.45) is 0 Å². The van der Waals surface area contributed by atoms with E-state index in [1.54, 1.807) is 25.1 Å². The van der Waals surface area contributed by atoms with Gasteiger partial charge in [-0.2, -0.15) is 0 Å². The van der Waals surface area contributed by atoms with Gasteiger partial charge in [-0.15, -0.1) is 0 Å². The number of amides is 1. The Balaban J connectivity index is 2.36. The predicted molar refractivity (Wildman–Crippen MR) is 85.2 cm³/mol. The van der Waals surface area contributed by atoms with Crippen molar-refractivity contribution in [1.82, 2.24) is 0 Å². The SMILES string of the molecule is COc1cc(OC)c(OC)cc1NC(=O)c1ccc(C)cc1F. The first kappa shape index (κ1) is 16.6. The van der Waals surface area contributed by atoms with Gasteiger partial charge in [0.25, 0.3) is 5.91 Å². The highest BCUT2D eigenvalue weighted by atomic mass is 19.1. The summed E-state index contributed by atoms with van der Waals surface area (Å²) in [7, 11) is 4.44. The van der Waals surface area contributed by atoms with Crippen molar-refractivity contribution >= 4 is 11.6 Å². The van der Waals surface area contributed by atoms with E-state index in [0.29, 0.717) is 22.9 Å². The third-order valence-corrected chi connectivity index (χ3v) is 3.32. The van der Waals surface area contributed by atoms with E-state index in [9.17, 15) is 9.18 Å². The largest absolute Gasteiger partial charge is 0.494 e. The molecular weight excluding hydrogens is 301 g/mol. The van der Waals surface area contributed by atoms with Gasteiger partial charge < -0.3 is 19.5 Å². The third kappa shape index (κ3) is 3.53. The number of halogens is 1. The number of ether oxygens (including phenoxy) is 3. The first-order valence-corrected chi connectivity index (χ1v) is 6.87. The van der Waals surface area contributed by atoms with Crippen LogP contribution in [0.2, 0.25) is 0 Å². The molecule has 0 atom stereocenters. The average molecular weight is 319 g/mol. The molecule has 0 unspecified atom stereocenters. The van der Waals surface area contributed by atoms with Crippen molar-refractivity contribution in [1.29, 1.82) is 0 Å². The van der Waals surface area contributed by atoms with E-state index in [0.717, 1.165) is 5.56 Å². The van der Waals surface area contributed by atoms with Crippen molar-refractivity contribution in [3.05, 3.63) is 47.3 Å². The van der Waals surface area contributed by atoms with Gasteiger partial charge in [0, 0.05) is 12.1 Å². The van der Waals surface area contributed by atoms with Crippen LogP contribution in [0.25, 0.3) is 0 Å². The Kier molecular flexibility index (Phi) is 5.05. The smallest absolute Gasteiger partial charge is 0.258 e. The molecule has 2 aromatic carbocycles. The van der Waals surface area contributed by atoms with Crippen LogP contribution in [0.15, 0.2) is 30.3 Å². The van der Waals surface area contributed by atoms with Crippen molar-refractivity contribution in [2.45, 2.75) is 6.92 Å². The second-order valence-electron chi connectivity index (χ2n) is 4.84. The first-order valence-electron chi connectivity index (χ1n) is 6.87. The molecule has 2 rings (SSSR count). The molecule has 0 aliphatic rings. The number of hydrogen-bond acceptors (Lipinski definition) is 4. The summed E-state index contributed by atoms with van der Waals surface area (Å²) in [4.78, 5) is 12.3. The molecule has 0 aliphatic heterocycles. The molecule has 2 aromatic rings. The number of anilines is 1. The van der Waals surface area contributed by atoms with E-state index in [-0.39, 0.29) is 5.56 Å². The maximum absolute atomic E-state index is 13.9. The molecule has 0 heterocycles. The topological polar surface area (TPSA) is 56.8 Å². The highest BCUT2D eigenvalue weighted by molar-refractivity contribution is 6.05. The zero-order valence-electron chi connectivity index (χ0n) is 13.4. The fourth-order valence-electron chi connectivity index (χ4n) is 2.12. The lowest BCUT2D eigenvalue weighted by Crippen LogP contribution is -2.14. The monoisotopic (exact) mass is 319 g/mol. The summed E-state index contributed by atoms with van der Waals surface area (Å²) < 4.78 is 29.5. The van der Waals surface area contributed by atoms with Crippen LogP contribution in [-0.2, 0) is 0 Å². The van der Waals surface area contributed by atoms with Crippen LogP contribution in [0.4, 0.5) is 10.1 Å². The van der Waals surface area contributed by atoms with Crippen LogP contribution >= 0.6 is 0 Å². The number of benzene rings is 2. The molecule has 6 heteroatoms. The molecule has 0 saturated heterocycles. The van der Waals surface area contributed by atoms with Gasteiger partial charge in [0.05, 0.1) is 32.6 Å².